The Bertz CT molecular complexity index is 508. The van der Waals surface area contributed by atoms with Crippen LogP contribution in [-0.4, -0.2) is 26.5 Å². The van der Waals surface area contributed by atoms with E-state index in [1.54, 1.807) is 20.9 Å². The fourth-order valence-electron chi connectivity index (χ4n) is 1.64. The van der Waals surface area contributed by atoms with E-state index in [2.05, 4.69) is 37.2 Å². The van der Waals surface area contributed by atoms with E-state index >= 15 is 0 Å². The molecule has 98 valence electrons. The van der Waals surface area contributed by atoms with Crippen LogP contribution in [0.5, 0.6) is 0 Å². The molecule has 1 N–H and O–H groups in total. The molecule has 1 heterocycles. The Morgan fingerprint density at radius 2 is 1.94 bits per heavy atom. The molecule has 1 aromatic heterocycles. The van der Waals surface area contributed by atoms with Crippen molar-refractivity contribution in [3.05, 3.63) is 19.2 Å². The number of nitrogens with one attached hydrogen (secondary N) is 1. The van der Waals surface area contributed by atoms with Crippen LogP contribution >= 0.6 is 43.2 Å². The maximum atomic E-state index is 11.9. The number of hydrogen-bond acceptors (Lipinski definition) is 4. The summed E-state index contributed by atoms with van der Waals surface area (Å²) in [6, 6.07) is 1.69. The summed E-state index contributed by atoms with van der Waals surface area (Å²) in [4.78, 5) is 0. The van der Waals surface area contributed by atoms with E-state index in [-0.39, 0.29) is 6.04 Å². The van der Waals surface area contributed by atoms with Crippen LogP contribution in [0.1, 0.15) is 25.5 Å². The van der Waals surface area contributed by atoms with Crippen molar-refractivity contribution in [2.45, 2.75) is 24.6 Å². The zero-order valence-corrected chi connectivity index (χ0v) is 14.8. The fraction of sp³-hybridized carbons (Fsp3) is 0.600. The Morgan fingerprint density at radius 1 is 1.41 bits per heavy atom. The summed E-state index contributed by atoms with van der Waals surface area (Å²) >= 11 is 8.42. The van der Waals surface area contributed by atoms with Gasteiger partial charge >= 0.3 is 0 Å². The van der Waals surface area contributed by atoms with Crippen molar-refractivity contribution in [1.29, 1.82) is 0 Å². The van der Waals surface area contributed by atoms with Gasteiger partial charge in [-0.3, -0.25) is 0 Å². The number of halogens is 2. The molecule has 17 heavy (non-hydrogen) atoms. The smallest absolute Gasteiger partial charge is 0.154 e. The third kappa shape index (κ3) is 3.12. The third-order valence-corrected chi connectivity index (χ3v) is 7.47. The van der Waals surface area contributed by atoms with Crippen LogP contribution in [0, 0.1) is 0 Å². The van der Waals surface area contributed by atoms with Crippen molar-refractivity contribution < 1.29 is 8.42 Å². The van der Waals surface area contributed by atoms with E-state index in [1.165, 1.54) is 17.6 Å². The van der Waals surface area contributed by atoms with Gasteiger partial charge in [-0.15, -0.1) is 11.3 Å². The summed E-state index contributed by atoms with van der Waals surface area (Å²) in [5.74, 6) is 0. The highest BCUT2D eigenvalue weighted by molar-refractivity contribution is 9.12. The Hall–Kier alpha value is 0.570. The van der Waals surface area contributed by atoms with Crippen LogP contribution in [0.4, 0.5) is 0 Å². The SMILES string of the molecule is CNC(c1cc(Br)sc1Br)C(C)(C)S(C)(=O)=O. The topological polar surface area (TPSA) is 46.2 Å². The van der Waals surface area contributed by atoms with E-state index < -0.39 is 14.6 Å². The van der Waals surface area contributed by atoms with Crippen molar-refractivity contribution in [2.75, 3.05) is 13.3 Å². The fourth-order valence-corrected chi connectivity index (χ4v) is 5.22. The van der Waals surface area contributed by atoms with E-state index in [9.17, 15) is 8.42 Å². The summed E-state index contributed by atoms with van der Waals surface area (Å²) in [7, 11) is -1.39. The minimum Gasteiger partial charge on any atom is -0.312 e. The van der Waals surface area contributed by atoms with Crippen molar-refractivity contribution in [2.24, 2.45) is 0 Å². The molecule has 0 fully saturated rings. The number of rotatable bonds is 4. The molecule has 0 amide bonds. The standard InChI is InChI=1S/C10H15Br2NO2S2/c1-10(2,17(4,14)15)8(13-3)6-5-7(11)16-9(6)12/h5,8,13H,1-4H3. The first-order valence-corrected chi connectivity index (χ1v) is 9.22. The lowest BCUT2D eigenvalue weighted by atomic mass is 9.98. The van der Waals surface area contributed by atoms with Crippen LogP contribution in [0.3, 0.4) is 0 Å². The third-order valence-electron chi connectivity index (χ3n) is 2.93. The Morgan fingerprint density at radius 3 is 2.24 bits per heavy atom. The van der Waals surface area contributed by atoms with E-state index in [0.717, 1.165) is 13.1 Å². The Kier molecular flexibility index (Phi) is 4.86. The van der Waals surface area contributed by atoms with E-state index in [4.69, 9.17) is 0 Å². The molecule has 0 radical (unpaired) electrons. The minimum atomic E-state index is -3.16. The zero-order chi connectivity index (χ0) is 13.4. The lowest BCUT2D eigenvalue weighted by Gasteiger charge is -2.32. The molecule has 7 heteroatoms. The average Bonchev–Trinajstić information content (AvgIpc) is 2.44. The minimum absolute atomic E-state index is 0.255. The lowest BCUT2D eigenvalue weighted by molar-refractivity contribution is 0.446. The van der Waals surface area contributed by atoms with Crippen LogP contribution in [-0.2, 0) is 9.84 Å². The molecule has 1 rings (SSSR count). The van der Waals surface area contributed by atoms with Crippen LogP contribution in [0.2, 0.25) is 0 Å². The van der Waals surface area contributed by atoms with Crippen LogP contribution in [0.15, 0.2) is 13.6 Å². The van der Waals surface area contributed by atoms with Gasteiger partial charge < -0.3 is 5.32 Å². The molecule has 0 saturated heterocycles. The highest BCUT2D eigenvalue weighted by atomic mass is 79.9. The summed E-state index contributed by atoms with van der Waals surface area (Å²) < 4.78 is 24.8. The van der Waals surface area contributed by atoms with Crippen molar-refractivity contribution >= 4 is 53.0 Å². The van der Waals surface area contributed by atoms with E-state index in [1.807, 2.05) is 6.07 Å². The maximum Gasteiger partial charge on any atom is 0.154 e. The van der Waals surface area contributed by atoms with Gasteiger partial charge in [-0.05, 0) is 64.4 Å². The molecule has 0 aliphatic heterocycles. The maximum absolute atomic E-state index is 11.9. The molecule has 0 saturated carbocycles. The molecule has 0 spiro atoms. The second-order valence-electron chi connectivity index (χ2n) is 4.38. The van der Waals surface area contributed by atoms with Crippen molar-refractivity contribution in [3.8, 4) is 0 Å². The molecule has 3 nitrogen and oxygen atoms in total. The normalized spacial score (nSPS) is 14.9. The number of hydrogen-bond donors (Lipinski definition) is 1. The van der Waals surface area contributed by atoms with Crippen LogP contribution < -0.4 is 5.32 Å². The Labute approximate surface area is 123 Å². The molecule has 1 aromatic rings. The van der Waals surface area contributed by atoms with Gasteiger partial charge in [-0.25, -0.2) is 8.42 Å². The van der Waals surface area contributed by atoms with Gasteiger partial charge in [0.1, 0.15) is 0 Å². The monoisotopic (exact) mass is 403 g/mol. The second kappa shape index (κ2) is 5.28. The number of thiophene rings is 1. The average molecular weight is 405 g/mol. The molecule has 0 aliphatic carbocycles. The van der Waals surface area contributed by atoms with Gasteiger partial charge in [-0.1, -0.05) is 0 Å². The van der Waals surface area contributed by atoms with Crippen molar-refractivity contribution in [1.82, 2.24) is 5.32 Å². The van der Waals surface area contributed by atoms with Gasteiger partial charge in [0.2, 0.25) is 0 Å². The lowest BCUT2D eigenvalue weighted by Crippen LogP contribution is -2.43. The Balaban J connectivity index is 3.30. The quantitative estimate of drug-likeness (QED) is 0.836. The predicted octanol–water partition coefficient (Wildman–Crippen LogP) is 3.36. The summed E-state index contributed by atoms with van der Waals surface area (Å²) in [5.41, 5.74) is 0.958. The van der Waals surface area contributed by atoms with Gasteiger partial charge in [0.05, 0.1) is 18.4 Å². The highest BCUT2D eigenvalue weighted by Crippen LogP contribution is 2.41. The summed E-state index contributed by atoms with van der Waals surface area (Å²) in [6.45, 7) is 3.48. The van der Waals surface area contributed by atoms with Gasteiger partial charge in [0.15, 0.2) is 9.84 Å². The van der Waals surface area contributed by atoms with Crippen LogP contribution in [0.25, 0.3) is 0 Å². The molecular weight excluding hydrogens is 390 g/mol. The van der Waals surface area contributed by atoms with Gasteiger partial charge in [-0.2, -0.15) is 0 Å². The summed E-state index contributed by atoms with van der Waals surface area (Å²) in [6.07, 6.45) is 1.27. The first kappa shape index (κ1) is 15.6. The molecular formula is C10H15Br2NO2S2. The zero-order valence-electron chi connectivity index (χ0n) is 10.0. The summed E-state index contributed by atoms with van der Waals surface area (Å²) in [5, 5.41) is 3.10. The highest BCUT2D eigenvalue weighted by Gasteiger charge is 2.40. The van der Waals surface area contributed by atoms with E-state index in [0.29, 0.717) is 0 Å². The van der Waals surface area contributed by atoms with Gasteiger partial charge in [0.25, 0.3) is 0 Å². The second-order valence-corrected chi connectivity index (χ2v) is 10.7. The largest absolute Gasteiger partial charge is 0.312 e. The molecule has 0 aliphatic rings. The number of sulfone groups is 1. The van der Waals surface area contributed by atoms with Crippen molar-refractivity contribution in [3.63, 3.8) is 0 Å². The molecule has 1 unspecified atom stereocenters. The molecule has 1 atom stereocenters. The van der Waals surface area contributed by atoms with Gasteiger partial charge in [0, 0.05) is 6.26 Å². The molecule has 0 aromatic carbocycles. The molecule has 0 bridgehead atoms. The predicted molar refractivity (Wildman–Crippen MR) is 80.4 cm³/mol. The first-order chi connectivity index (χ1) is 7.61. The first-order valence-electron chi connectivity index (χ1n) is 4.93.